The van der Waals surface area contributed by atoms with Gasteiger partial charge in [0.15, 0.2) is 17.6 Å². The van der Waals surface area contributed by atoms with Crippen LogP contribution in [-0.4, -0.2) is 48.3 Å². The van der Waals surface area contributed by atoms with E-state index in [1.165, 1.54) is 6.21 Å². The number of allylic oxidation sites excluding steroid dienone is 2. The minimum Gasteiger partial charge on any atom is -0.490 e. The van der Waals surface area contributed by atoms with E-state index in [1.807, 2.05) is 19.1 Å². The molecule has 2 amide bonds. The van der Waals surface area contributed by atoms with Crippen molar-refractivity contribution in [2.24, 2.45) is 28.8 Å². The van der Waals surface area contributed by atoms with E-state index in [-0.39, 0.29) is 42.1 Å². The van der Waals surface area contributed by atoms with Gasteiger partial charge in [0.2, 0.25) is 0 Å². The first-order valence-corrected chi connectivity index (χ1v) is 11.5. The van der Waals surface area contributed by atoms with Crippen LogP contribution < -0.4 is 9.47 Å². The highest BCUT2D eigenvalue weighted by Gasteiger charge is 2.59. The molecule has 9 heteroatoms. The highest BCUT2D eigenvalue weighted by atomic mass is 79.9. The van der Waals surface area contributed by atoms with Gasteiger partial charge in [-0.3, -0.25) is 9.59 Å². The van der Waals surface area contributed by atoms with E-state index >= 15 is 0 Å². The average molecular weight is 505 g/mol. The van der Waals surface area contributed by atoms with Crippen LogP contribution in [0.25, 0.3) is 0 Å². The molecule has 1 saturated carbocycles. The van der Waals surface area contributed by atoms with Gasteiger partial charge in [0.1, 0.15) is 0 Å². The van der Waals surface area contributed by atoms with Crippen molar-refractivity contribution in [2.45, 2.75) is 33.3 Å². The van der Waals surface area contributed by atoms with E-state index in [0.29, 0.717) is 28.1 Å². The van der Waals surface area contributed by atoms with Crippen molar-refractivity contribution in [3.05, 3.63) is 34.3 Å². The SMILES string of the molecule is CCOC(=O)[C@@H](C)Oc1c(Br)cc(C=NN2C(=O)[C@@H]3[C@H](C2=O)[C@H]2C=C[C@H]3C2)cc1OCC. The van der Waals surface area contributed by atoms with Crippen molar-refractivity contribution in [1.82, 2.24) is 5.01 Å². The molecule has 32 heavy (non-hydrogen) atoms. The summed E-state index contributed by atoms with van der Waals surface area (Å²) in [5.41, 5.74) is 0.607. The summed E-state index contributed by atoms with van der Waals surface area (Å²) in [5, 5.41) is 5.21. The number of fused-ring (bicyclic) bond motifs is 5. The van der Waals surface area contributed by atoms with Gasteiger partial charge in [0.25, 0.3) is 11.8 Å². The number of rotatable bonds is 8. The van der Waals surface area contributed by atoms with Gasteiger partial charge in [-0.15, -0.1) is 0 Å². The maximum atomic E-state index is 12.8. The Bertz CT molecular complexity index is 976. The molecule has 5 atom stereocenters. The van der Waals surface area contributed by atoms with Gasteiger partial charge in [0.05, 0.1) is 35.7 Å². The Kier molecular flexibility index (Phi) is 6.37. The molecule has 0 radical (unpaired) electrons. The van der Waals surface area contributed by atoms with Gasteiger partial charge in [-0.1, -0.05) is 12.2 Å². The standard InChI is InChI=1S/C23H25BrN2O6/c1-4-30-17-9-13(8-16(24)20(17)32-12(3)23(29)31-5-2)11-25-26-21(27)18-14-6-7-15(10-14)19(18)22(26)28/h6-9,11-12,14-15,18-19H,4-5,10H2,1-3H3/t12-,14+,15+,18-,19+/m1/s1. The summed E-state index contributed by atoms with van der Waals surface area (Å²) in [6, 6.07) is 3.40. The Morgan fingerprint density at radius 3 is 2.44 bits per heavy atom. The first-order chi connectivity index (χ1) is 15.3. The van der Waals surface area contributed by atoms with E-state index in [1.54, 1.807) is 26.0 Å². The molecule has 1 saturated heterocycles. The zero-order valence-corrected chi connectivity index (χ0v) is 19.7. The Balaban J connectivity index is 1.54. The van der Waals surface area contributed by atoms with E-state index in [2.05, 4.69) is 21.0 Å². The fourth-order valence-electron chi connectivity index (χ4n) is 4.65. The van der Waals surface area contributed by atoms with Gasteiger partial charge < -0.3 is 14.2 Å². The molecule has 0 unspecified atom stereocenters. The van der Waals surface area contributed by atoms with Gasteiger partial charge in [-0.05, 0) is 72.7 Å². The summed E-state index contributed by atoms with van der Waals surface area (Å²) in [4.78, 5) is 37.5. The molecule has 1 heterocycles. The summed E-state index contributed by atoms with van der Waals surface area (Å²) in [5.74, 6) is -0.501. The number of hydrazone groups is 1. The number of esters is 1. The third kappa shape index (κ3) is 3.94. The third-order valence-corrected chi connectivity index (χ3v) is 6.60. The maximum Gasteiger partial charge on any atom is 0.347 e. The van der Waals surface area contributed by atoms with Crippen LogP contribution in [0.15, 0.2) is 33.9 Å². The van der Waals surface area contributed by atoms with Crippen molar-refractivity contribution >= 4 is 39.9 Å². The number of hydrogen-bond donors (Lipinski definition) is 0. The second-order valence-electron chi connectivity index (χ2n) is 8.01. The van der Waals surface area contributed by atoms with Gasteiger partial charge in [0, 0.05) is 0 Å². The number of ether oxygens (including phenoxy) is 3. The number of benzene rings is 1. The molecule has 8 nitrogen and oxygen atoms in total. The maximum absolute atomic E-state index is 12.8. The van der Waals surface area contributed by atoms with Crippen LogP contribution in [0.3, 0.4) is 0 Å². The first-order valence-electron chi connectivity index (χ1n) is 10.7. The summed E-state index contributed by atoms with van der Waals surface area (Å²) >= 11 is 3.45. The van der Waals surface area contributed by atoms with Crippen molar-refractivity contribution in [2.75, 3.05) is 13.2 Å². The molecule has 1 aromatic rings. The van der Waals surface area contributed by atoms with Crippen molar-refractivity contribution < 1.29 is 28.6 Å². The Morgan fingerprint density at radius 2 is 1.84 bits per heavy atom. The van der Waals surface area contributed by atoms with Crippen LogP contribution in [0.1, 0.15) is 32.8 Å². The van der Waals surface area contributed by atoms with Crippen molar-refractivity contribution in [1.29, 1.82) is 0 Å². The largest absolute Gasteiger partial charge is 0.490 e. The number of nitrogens with zero attached hydrogens (tertiary/aromatic N) is 2. The molecule has 0 aromatic heterocycles. The lowest BCUT2D eigenvalue weighted by atomic mass is 9.85. The smallest absolute Gasteiger partial charge is 0.347 e. The van der Waals surface area contributed by atoms with Crippen molar-refractivity contribution in [3.63, 3.8) is 0 Å². The topological polar surface area (TPSA) is 94.5 Å². The van der Waals surface area contributed by atoms with E-state index in [9.17, 15) is 14.4 Å². The van der Waals surface area contributed by atoms with Crippen LogP contribution in [0.5, 0.6) is 11.5 Å². The molecule has 170 valence electrons. The van der Waals surface area contributed by atoms with Crippen molar-refractivity contribution in [3.8, 4) is 11.5 Å². The minimum absolute atomic E-state index is 0.137. The minimum atomic E-state index is -0.826. The van der Waals surface area contributed by atoms with E-state index < -0.39 is 12.1 Å². The highest BCUT2D eigenvalue weighted by Crippen LogP contribution is 2.52. The van der Waals surface area contributed by atoms with Crippen LogP contribution in [0, 0.1) is 23.7 Å². The normalized spacial score (nSPS) is 26.7. The quantitative estimate of drug-likeness (QED) is 0.233. The van der Waals surface area contributed by atoms with Gasteiger partial charge in [-0.25, -0.2) is 4.79 Å². The molecular weight excluding hydrogens is 480 g/mol. The Morgan fingerprint density at radius 1 is 1.19 bits per heavy atom. The monoisotopic (exact) mass is 504 g/mol. The molecule has 3 aliphatic rings. The number of hydrogen-bond acceptors (Lipinski definition) is 7. The molecular formula is C23H25BrN2O6. The van der Waals surface area contributed by atoms with E-state index in [4.69, 9.17) is 14.2 Å². The predicted octanol–water partition coefficient (Wildman–Crippen LogP) is 3.32. The Hall–Kier alpha value is -2.68. The fourth-order valence-corrected chi connectivity index (χ4v) is 5.20. The summed E-state index contributed by atoms with van der Waals surface area (Å²) in [7, 11) is 0. The number of carbonyl (C=O) groups is 3. The van der Waals surface area contributed by atoms with Gasteiger partial charge >= 0.3 is 5.97 Å². The average Bonchev–Trinajstić information content (AvgIpc) is 3.43. The van der Waals surface area contributed by atoms with E-state index in [0.717, 1.165) is 11.4 Å². The lowest BCUT2D eigenvalue weighted by molar-refractivity contribution is -0.150. The summed E-state index contributed by atoms with van der Waals surface area (Å²) in [6.45, 7) is 5.79. The number of carbonyl (C=O) groups excluding carboxylic acids is 3. The molecule has 4 rings (SSSR count). The molecule has 1 aliphatic heterocycles. The number of imide groups is 1. The summed E-state index contributed by atoms with van der Waals surface area (Å²) in [6.07, 6.45) is 5.60. The van der Waals surface area contributed by atoms with Crippen LogP contribution in [0.4, 0.5) is 0 Å². The summed E-state index contributed by atoms with van der Waals surface area (Å²) < 4.78 is 17.0. The van der Waals surface area contributed by atoms with Crippen LogP contribution >= 0.6 is 15.9 Å². The lowest BCUT2D eigenvalue weighted by Crippen LogP contribution is -2.28. The molecule has 2 fully saturated rings. The van der Waals surface area contributed by atoms with Crippen LogP contribution in [-0.2, 0) is 19.1 Å². The second kappa shape index (κ2) is 9.05. The van der Waals surface area contributed by atoms with Crippen LogP contribution in [0.2, 0.25) is 0 Å². The fraction of sp³-hybridized carbons (Fsp3) is 0.478. The first kappa shape index (κ1) is 22.5. The number of halogens is 1. The number of amides is 2. The molecule has 2 aliphatic carbocycles. The lowest BCUT2D eigenvalue weighted by Gasteiger charge is -2.18. The predicted molar refractivity (Wildman–Crippen MR) is 119 cm³/mol. The molecule has 2 bridgehead atoms. The second-order valence-corrected chi connectivity index (χ2v) is 8.86. The molecule has 0 spiro atoms. The zero-order valence-electron chi connectivity index (χ0n) is 18.1. The molecule has 1 aromatic carbocycles. The highest BCUT2D eigenvalue weighted by molar-refractivity contribution is 9.10. The van der Waals surface area contributed by atoms with Gasteiger partial charge in [-0.2, -0.15) is 10.1 Å². The third-order valence-electron chi connectivity index (χ3n) is 6.01. The molecule has 0 N–H and O–H groups in total. The Labute approximate surface area is 194 Å². The zero-order chi connectivity index (χ0) is 23.0.